The van der Waals surface area contributed by atoms with Crippen molar-refractivity contribution in [3.8, 4) is 12.3 Å². The lowest BCUT2D eigenvalue weighted by molar-refractivity contribution is -0.117. The van der Waals surface area contributed by atoms with Crippen LogP contribution in [0.4, 0.5) is 11.4 Å². The van der Waals surface area contributed by atoms with Crippen molar-refractivity contribution in [1.82, 2.24) is 0 Å². The van der Waals surface area contributed by atoms with Gasteiger partial charge in [-0.05, 0) is 24.3 Å². The second kappa shape index (κ2) is 6.42. The van der Waals surface area contributed by atoms with Gasteiger partial charge in [-0.1, -0.05) is 0 Å². The van der Waals surface area contributed by atoms with Gasteiger partial charge in [0.2, 0.25) is 11.8 Å². The highest BCUT2D eigenvalue weighted by atomic mass is 16.2. The molecule has 0 fully saturated rings. The van der Waals surface area contributed by atoms with Crippen molar-refractivity contribution in [2.75, 3.05) is 10.6 Å². The first-order valence-corrected chi connectivity index (χ1v) is 5.40. The minimum Gasteiger partial charge on any atom is -0.326 e. The molecule has 0 saturated carbocycles. The second-order valence-electron chi connectivity index (χ2n) is 3.76. The minimum atomic E-state index is -0.718. The topological polar surface area (TPSA) is 84.2 Å². The third kappa shape index (κ3) is 4.28. The summed E-state index contributed by atoms with van der Waals surface area (Å²) >= 11 is 0. The van der Waals surface area contributed by atoms with Crippen LogP contribution >= 0.6 is 0 Å². The molecule has 0 aromatic heterocycles. The zero-order chi connectivity index (χ0) is 13.5. The van der Waals surface area contributed by atoms with Gasteiger partial charge in [0.1, 0.15) is 0 Å². The molecular formula is C13H15N3O2. The number of amides is 2. The summed E-state index contributed by atoms with van der Waals surface area (Å²) in [6.07, 6.45) is 5.27. The molecule has 0 radical (unpaired) electrons. The highest BCUT2D eigenvalue weighted by Crippen LogP contribution is 2.13. The summed E-state index contributed by atoms with van der Waals surface area (Å²) in [6, 6.07) is 6.00. The maximum Gasteiger partial charge on any atom is 0.242 e. The summed E-state index contributed by atoms with van der Waals surface area (Å²) in [5.41, 5.74) is 6.82. The van der Waals surface area contributed by atoms with E-state index in [1.54, 1.807) is 24.3 Å². The highest BCUT2D eigenvalue weighted by Gasteiger charge is 2.11. The zero-order valence-corrected chi connectivity index (χ0v) is 10.1. The molecule has 4 N–H and O–H groups in total. The van der Waals surface area contributed by atoms with Gasteiger partial charge < -0.3 is 16.4 Å². The molecule has 1 rings (SSSR count). The molecule has 5 nitrogen and oxygen atoms in total. The van der Waals surface area contributed by atoms with Gasteiger partial charge in [-0.3, -0.25) is 9.59 Å². The predicted molar refractivity (Wildman–Crippen MR) is 70.8 cm³/mol. The quantitative estimate of drug-likeness (QED) is 0.690. The molecule has 1 aromatic carbocycles. The number of hydrogen-bond donors (Lipinski definition) is 3. The third-order valence-corrected chi connectivity index (χ3v) is 2.15. The van der Waals surface area contributed by atoms with E-state index in [1.807, 2.05) is 0 Å². The van der Waals surface area contributed by atoms with Gasteiger partial charge in [-0.25, -0.2) is 0 Å². The summed E-state index contributed by atoms with van der Waals surface area (Å²) in [7, 11) is 0. The molecule has 1 unspecified atom stereocenters. The van der Waals surface area contributed by atoms with Crippen LogP contribution in [0.2, 0.25) is 0 Å². The molecule has 94 valence electrons. The molecule has 0 aliphatic rings. The van der Waals surface area contributed by atoms with Crippen molar-refractivity contribution in [3.63, 3.8) is 0 Å². The number of anilines is 2. The van der Waals surface area contributed by atoms with Gasteiger partial charge in [0.05, 0.1) is 6.04 Å². The first kappa shape index (κ1) is 13.7. The average molecular weight is 245 g/mol. The van der Waals surface area contributed by atoms with E-state index in [1.165, 1.54) is 6.92 Å². The molecule has 5 heteroatoms. The van der Waals surface area contributed by atoms with Crippen LogP contribution in [0.1, 0.15) is 13.3 Å². The minimum absolute atomic E-state index is 0.150. The van der Waals surface area contributed by atoms with E-state index < -0.39 is 6.04 Å². The summed E-state index contributed by atoms with van der Waals surface area (Å²) in [4.78, 5) is 22.4. The Morgan fingerprint density at radius 3 is 2.22 bits per heavy atom. The van der Waals surface area contributed by atoms with Crippen molar-refractivity contribution in [1.29, 1.82) is 0 Å². The summed E-state index contributed by atoms with van der Waals surface area (Å²) < 4.78 is 0. The Hall–Kier alpha value is -2.32. The fourth-order valence-corrected chi connectivity index (χ4v) is 1.29. The van der Waals surface area contributed by atoms with E-state index in [9.17, 15) is 9.59 Å². The van der Waals surface area contributed by atoms with Crippen molar-refractivity contribution in [2.45, 2.75) is 19.4 Å². The first-order chi connectivity index (χ1) is 8.52. The fourth-order valence-electron chi connectivity index (χ4n) is 1.29. The van der Waals surface area contributed by atoms with Crippen LogP contribution in [0.5, 0.6) is 0 Å². The van der Waals surface area contributed by atoms with Gasteiger partial charge in [0.15, 0.2) is 0 Å². The van der Waals surface area contributed by atoms with Gasteiger partial charge in [-0.15, -0.1) is 12.3 Å². The third-order valence-electron chi connectivity index (χ3n) is 2.15. The Bertz CT molecular complexity index is 474. The maximum absolute atomic E-state index is 11.6. The Kier molecular flexibility index (Phi) is 4.90. The Balaban J connectivity index is 2.61. The first-order valence-electron chi connectivity index (χ1n) is 5.40. The molecule has 1 atom stereocenters. The molecule has 18 heavy (non-hydrogen) atoms. The second-order valence-corrected chi connectivity index (χ2v) is 3.76. The van der Waals surface area contributed by atoms with Gasteiger partial charge in [-0.2, -0.15) is 0 Å². The van der Waals surface area contributed by atoms with Crippen LogP contribution in [0.3, 0.4) is 0 Å². The Morgan fingerprint density at radius 1 is 1.28 bits per heavy atom. The highest BCUT2D eigenvalue weighted by molar-refractivity contribution is 5.95. The average Bonchev–Trinajstić information content (AvgIpc) is 2.31. The SMILES string of the molecule is C#CCC(N)C(=O)Nc1ccc(NC(C)=O)cc1. The number of rotatable bonds is 4. The lowest BCUT2D eigenvalue weighted by Crippen LogP contribution is -2.35. The summed E-state index contributed by atoms with van der Waals surface area (Å²) in [5, 5.41) is 5.26. The van der Waals surface area contributed by atoms with Crippen LogP contribution in [-0.2, 0) is 9.59 Å². The number of carbonyl (C=O) groups excluding carboxylic acids is 2. The lowest BCUT2D eigenvalue weighted by Gasteiger charge is -2.10. The molecule has 2 amide bonds. The number of benzene rings is 1. The van der Waals surface area contributed by atoms with E-state index in [0.29, 0.717) is 11.4 Å². The lowest BCUT2D eigenvalue weighted by atomic mass is 10.2. The maximum atomic E-state index is 11.6. The van der Waals surface area contributed by atoms with Crippen molar-refractivity contribution >= 4 is 23.2 Å². The van der Waals surface area contributed by atoms with Crippen molar-refractivity contribution in [3.05, 3.63) is 24.3 Å². The molecular weight excluding hydrogens is 230 g/mol. The molecule has 0 aliphatic heterocycles. The van der Waals surface area contributed by atoms with E-state index in [0.717, 1.165) is 0 Å². The molecule has 0 saturated heterocycles. The van der Waals surface area contributed by atoms with Crippen molar-refractivity contribution < 1.29 is 9.59 Å². The van der Waals surface area contributed by atoms with Crippen LogP contribution in [-0.4, -0.2) is 17.9 Å². The van der Waals surface area contributed by atoms with E-state index in [4.69, 9.17) is 12.2 Å². The largest absolute Gasteiger partial charge is 0.326 e. The van der Waals surface area contributed by atoms with Crippen molar-refractivity contribution in [2.24, 2.45) is 5.73 Å². The van der Waals surface area contributed by atoms with E-state index in [2.05, 4.69) is 16.6 Å². The van der Waals surface area contributed by atoms with Gasteiger partial charge >= 0.3 is 0 Å². The number of carbonyl (C=O) groups is 2. The number of terminal acetylenes is 1. The van der Waals surface area contributed by atoms with Crippen LogP contribution in [0.15, 0.2) is 24.3 Å². The molecule has 0 heterocycles. The fraction of sp³-hybridized carbons (Fsp3) is 0.231. The smallest absolute Gasteiger partial charge is 0.242 e. The number of hydrogen-bond acceptors (Lipinski definition) is 3. The Labute approximate surface area is 106 Å². The van der Waals surface area contributed by atoms with Gasteiger partial charge in [0, 0.05) is 24.7 Å². The summed E-state index contributed by atoms with van der Waals surface area (Å²) in [6.45, 7) is 1.43. The van der Waals surface area contributed by atoms with Crippen LogP contribution < -0.4 is 16.4 Å². The van der Waals surface area contributed by atoms with Crippen LogP contribution in [0.25, 0.3) is 0 Å². The summed E-state index contributed by atoms with van der Waals surface area (Å²) in [5.74, 6) is 1.85. The van der Waals surface area contributed by atoms with Crippen LogP contribution in [0, 0.1) is 12.3 Å². The molecule has 0 bridgehead atoms. The van der Waals surface area contributed by atoms with Gasteiger partial charge in [0.25, 0.3) is 0 Å². The van der Waals surface area contributed by atoms with E-state index >= 15 is 0 Å². The Morgan fingerprint density at radius 2 is 1.78 bits per heavy atom. The predicted octanol–water partition coefficient (Wildman–Crippen LogP) is 0.934. The zero-order valence-electron chi connectivity index (χ0n) is 10.1. The van der Waals surface area contributed by atoms with E-state index in [-0.39, 0.29) is 18.2 Å². The normalized spacial score (nSPS) is 11.2. The number of nitrogens with two attached hydrogens (primary N) is 1. The monoisotopic (exact) mass is 245 g/mol. The standard InChI is InChI=1S/C13H15N3O2/c1-3-4-12(14)13(18)16-11-7-5-10(6-8-11)15-9(2)17/h1,5-8,12H,4,14H2,2H3,(H,15,17)(H,16,18). The molecule has 0 spiro atoms. The molecule has 1 aromatic rings. The number of nitrogens with one attached hydrogen (secondary N) is 2. The molecule has 0 aliphatic carbocycles.